The molecule has 0 bridgehead atoms. The van der Waals surface area contributed by atoms with Crippen molar-refractivity contribution in [3.63, 3.8) is 0 Å². The number of carbonyl (C=O) groups is 2. The Bertz CT molecular complexity index is 252. The van der Waals surface area contributed by atoms with E-state index in [1.54, 1.807) is 21.1 Å². The molecule has 1 aliphatic rings. The maximum Gasteiger partial charge on any atom is 0.241 e. The smallest absolute Gasteiger partial charge is 0.241 e. The Balaban J connectivity index is 2.38. The summed E-state index contributed by atoms with van der Waals surface area (Å²) in [6, 6.07) is -0.000548. The van der Waals surface area contributed by atoms with Crippen molar-refractivity contribution in [2.24, 2.45) is 11.7 Å². The van der Waals surface area contributed by atoms with Gasteiger partial charge in [0.25, 0.3) is 0 Å². The second-order valence-electron chi connectivity index (χ2n) is 3.99. The summed E-state index contributed by atoms with van der Waals surface area (Å²) in [5.74, 6) is -0.155. The fourth-order valence-electron chi connectivity index (χ4n) is 1.20. The lowest BCUT2D eigenvalue weighted by Crippen LogP contribution is -2.39. The lowest BCUT2D eigenvalue weighted by atomic mass is 10.3. The van der Waals surface area contributed by atoms with Crippen molar-refractivity contribution in [3.8, 4) is 0 Å². The van der Waals surface area contributed by atoms with Gasteiger partial charge in [-0.15, -0.1) is 0 Å². The number of rotatable bonds is 3. The fourth-order valence-corrected chi connectivity index (χ4v) is 1.20. The summed E-state index contributed by atoms with van der Waals surface area (Å²) in [4.78, 5) is 25.7. The predicted molar refractivity (Wildman–Crippen MR) is 52.4 cm³/mol. The molecule has 2 atom stereocenters. The minimum absolute atomic E-state index is 0.000548. The van der Waals surface area contributed by atoms with Crippen LogP contribution in [0.5, 0.6) is 0 Å². The van der Waals surface area contributed by atoms with Gasteiger partial charge >= 0.3 is 0 Å². The molecule has 2 N–H and O–H groups in total. The van der Waals surface area contributed by atoms with E-state index < -0.39 is 0 Å². The van der Waals surface area contributed by atoms with Crippen LogP contribution < -0.4 is 5.73 Å². The molecule has 0 aliphatic heterocycles. The third-order valence-corrected chi connectivity index (χ3v) is 2.40. The lowest BCUT2D eigenvalue weighted by Gasteiger charge is -2.19. The van der Waals surface area contributed by atoms with E-state index in [9.17, 15) is 9.59 Å². The molecule has 0 aromatic carbocycles. The number of nitrogens with two attached hydrogens (primary N) is 1. The molecule has 0 radical (unpaired) electrons. The SMILES string of the molecule is CN(C)C(=O)CN(C)C(=O)C1CC1N. The molecule has 1 saturated carbocycles. The highest BCUT2D eigenvalue weighted by Crippen LogP contribution is 2.29. The summed E-state index contributed by atoms with van der Waals surface area (Å²) in [5.41, 5.74) is 5.55. The highest BCUT2D eigenvalue weighted by Gasteiger charge is 2.41. The standard InChI is InChI=1S/C9H17N3O2/c1-11(2)8(13)5-12(3)9(14)6-4-7(6)10/h6-7H,4-5,10H2,1-3H3. The third-order valence-electron chi connectivity index (χ3n) is 2.40. The molecule has 5 heteroatoms. The summed E-state index contributed by atoms with van der Waals surface area (Å²) in [5, 5.41) is 0. The van der Waals surface area contributed by atoms with Gasteiger partial charge in [0.1, 0.15) is 0 Å². The van der Waals surface area contributed by atoms with E-state index in [1.807, 2.05) is 0 Å². The van der Waals surface area contributed by atoms with Crippen molar-refractivity contribution in [2.45, 2.75) is 12.5 Å². The van der Waals surface area contributed by atoms with E-state index in [-0.39, 0.29) is 30.3 Å². The summed E-state index contributed by atoms with van der Waals surface area (Å²) in [6.07, 6.45) is 0.749. The number of amides is 2. The van der Waals surface area contributed by atoms with Crippen molar-refractivity contribution in [2.75, 3.05) is 27.7 Å². The first-order valence-electron chi connectivity index (χ1n) is 4.64. The van der Waals surface area contributed by atoms with Crippen molar-refractivity contribution in [3.05, 3.63) is 0 Å². The van der Waals surface area contributed by atoms with Gasteiger partial charge in [0, 0.05) is 27.2 Å². The van der Waals surface area contributed by atoms with Crippen LogP contribution in [0.2, 0.25) is 0 Å². The Labute approximate surface area is 83.8 Å². The summed E-state index contributed by atoms with van der Waals surface area (Å²) < 4.78 is 0. The Morgan fingerprint density at radius 1 is 1.36 bits per heavy atom. The molecule has 14 heavy (non-hydrogen) atoms. The van der Waals surface area contributed by atoms with Crippen molar-refractivity contribution >= 4 is 11.8 Å². The minimum Gasteiger partial charge on any atom is -0.347 e. The maximum absolute atomic E-state index is 11.5. The molecule has 0 saturated heterocycles. The summed E-state index contributed by atoms with van der Waals surface area (Å²) in [6.45, 7) is 0.134. The molecule has 5 nitrogen and oxygen atoms in total. The average Bonchev–Trinajstić information content (AvgIpc) is 2.80. The summed E-state index contributed by atoms with van der Waals surface area (Å²) in [7, 11) is 4.97. The monoisotopic (exact) mass is 199 g/mol. The molecule has 0 aromatic rings. The van der Waals surface area contributed by atoms with Crippen molar-refractivity contribution in [1.82, 2.24) is 9.80 Å². The fraction of sp³-hybridized carbons (Fsp3) is 0.778. The van der Waals surface area contributed by atoms with Gasteiger partial charge in [0.2, 0.25) is 11.8 Å². The molecule has 0 aromatic heterocycles. The van der Waals surface area contributed by atoms with Crippen LogP contribution in [-0.2, 0) is 9.59 Å². The zero-order valence-electron chi connectivity index (χ0n) is 8.86. The zero-order chi connectivity index (χ0) is 10.9. The topological polar surface area (TPSA) is 66.6 Å². The first-order chi connectivity index (χ1) is 6.43. The second kappa shape index (κ2) is 3.96. The molecule has 1 aliphatic carbocycles. The van der Waals surface area contributed by atoms with Crippen LogP contribution in [0.1, 0.15) is 6.42 Å². The van der Waals surface area contributed by atoms with E-state index in [1.165, 1.54) is 9.80 Å². The molecule has 0 spiro atoms. The molecule has 2 unspecified atom stereocenters. The largest absolute Gasteiger partial charge is 0.347 e. The quantitative estimate of drug-likeness (QED) is 0.626. The van der Waals surface area contributed by atoms with Crippen LogP contribution in [0, 0.1) is 5.92 Å². The van der Waals surface area contributed by atoms with Gasteiger partial charge < -0.3 is 15.5 Å². The van der Waals surface area contributed by atoms with E-state index in [0.29, 0.717) is 0 Å². The van der Waals surface area contributed by atoms with Crippen molar-refractivity contribution in [1.29, 1.82) is 0 Å². The van der Waals surface area contributed by atoms with E-state index in [4.69, 9.17) is 5.73 Å². The Hall–Kier alpha value is -1.10. The van der Waals surface area contributed by atoms with E-state index >= 15 is 0 Å². The Morgan fingerprint density at radius 3 is 2.21 bits per heavy atom. The molecule has 1 rings (SSSR count). The van der Waals surface area contributed by atoms with Gasteiger partial charge in [-0.05, 0) is 6.42 Å². The van der Waals surface area contributed by atoms with Crippen LogP contribution in [0.3, 0.4) is 0 Å². The van der Waals surface area contributed by atoms with Crippen LogP contribution in [0.15, 0.2) is 0 Å². The normalized spacial score (nSPS) is 24.3. The Kier molecular flexibility index (Phi) is 3.10. The number of nitrogens with zero attached hydrogens (tertiary/aromatic N) is 2. The maximum atomic E-state index is 11.5. The molecule has 1 fully saturated rings. The van der Waals surface area contributed by atoms with Gasteiger partial charge in [-0.2, -0.15) is 0 Å². The molecular weight excluding hydrogens is 182 g/mol. The molecule has 0 heterocycles. The zero-order valence-corrected chi connectivity index (χ0v) is 8.86. The van der Waals surface area contributed by atoms with Gasteiger partial charge in [-0.25, -0.2) is 0 Å². The van der Waals surface area contributed by atoms with Crippen molar-refractivity contribution < 1.29 is 9.59 Å². The lowest BCUT2D eigenvalue weighted by molar-refractivity contribution is -0.138. The number of hydrogen-bond donors (Lipinski definition) is 1. The third kappa shape index (κ3) is 2.45. The summed E-state index contributed by atoms with van der Waals surface area (Å²) >= 11 is 0. The highest BCUT2D eigenvalue weighted by atomic mass is 16.2. The van der Waals surface area contributed by atoms with Crippen LogP contribution in [0.25, 0.3) is 0 Å². The first-order valence-corrected chi connectivity index (χ1v) is 4.64. The first kappa shape index (κ1) is 11.0. The highest BCUT2D eigenvalue weighted by molar-refractivity contribution is 5.87. The van der Waals surface area contributed by atoms with Gasteiger partial charge in [-0.1, -0.05) is 0 Å². The van der Waals surface area contributed by atoms with Crippen LogP contribution in [0.4, 0.5) is 0 Å². The van der Waals surface area contributed by atoms with Gasteiger partial charge in [0.15, 0.2) is 0 Å². The number of hydrogen-bond acceptors (Lipinski definition) is 3. The second-order valence-corrected chi connectivity index (χ2v) is 3.99. The van der Waals surface area contributed by atoms with Crippen LogP contribution >= 0.6 is 0 Å². The van der Waals surface area contributed by atoms with Gasteiger partial charge in [-0.3, -0.25) is 9.59 Å². The number of carbonyl (C=O) groups excluding carboxylic acids is 2. The number of likely N-dealkylation sites (N-methyl/N-ethyl adjacent to an activating group) is 2. The van der Waals surface area contributed by atoms with E-state index in [2.05, 4.69) is 0 Å². The van der Waals surface area contributed by atoms with Gasteiger partial charge in [0.05, 0.1) is 12.5 Å². The Morgan fingerprint density at radius 2 is 1.86 bits per heavy atom. The molecule has 2 amide bonds. The average molecular weight is 199 g/mol. The van der Waals surface area contributed by atoms with Crippen LogP contribution in [-0.4, -0.2) is 55.3 Å². The minimum atomic E-state index is -0.0740. The predicted octanol–water partition coefficient (Wildman–Crippen LogP) is -1.12. The van der Waals surface area contributed by atoms with E-state index in [0.717, 1.165) is 6.42 Å². The molecular formula is C9H17N3O2. The molecule has 80 valence electrons.